The molecule has 0 unspecified atom stereocenters. The molecule has 0 spiro atoms. The van der Waals surface area contributed by atoms with Crippen molar-refractivity contribution in [2.75, 3.05) is 52.9 Å². The van der Waals surface area contributed by atoms with E-state index in [0.717, 1.165) is 78.8 Å². The number of hydrogen-bond acceptors (Lipinski definition) is 12. The summed E-state index contributed by atoms with van der Waals surface area (Å²) in [5.74, 6) is 6.15. The second kappa shape index (κ2) is 24.4. The summed E-state index contributed by atoms with van der Waals surface area (Å²) in [6, 6.07) is 18.4. The average Bonchev–Trinajstić information content (AvgIpc) is 3.30. The third kappa shape index (κ3) is 12.2. The zero-order valence-electron chi connectivity index (χ0n) is 41.6. The van der Waals surface area contributed by atoms with Gasteiger partial charge in [0.05, 0.1) is 63.9 Å². The molecule has 5 aromatic carbocycles. The van der Waals surface area contributed by atoms with Crippen LogP contribution >= 0.6 is 0 Å². The van der Waals surface area contributed by atoms with Crippen LogP contribution in [-0.2, 0) is 36.9 Å². The van der Waals surface area contributed by atoms with Crippen molar-refractivity contribution in [3.05, 3.63) is 123 Å². The van der Waals surface area contributed by atoms with E-state index in [9.17, 15) is 9.90 Å². The van der Waals surface area contributed by atoms with Crippen LogP contribution in [0.4, 0.5) is 0 Å². The number of aromatic nitrogens is 2. The molecule has 0 atom stereocenters. The zero-order chi connectivity index (χ0) is 48.7. The Morgan fingerprint density at radius 2 is 0.603 bits per heavy atom. The Labute approximate surface area is 401 Å². The Morgan fingerprint density at radius 1 is 0.382 bits per heavy atom. The van der Waals surface area contributed by atoms with E-state index in [4.69, 9.17) is 47.9 Å². The van der Waals surface area contributed by atoms with Crippen molar-refractivity contribution in [2.45, 2.75) is 101 Å². The third-order valence-electron chi connectivity index (χ3n) is 11.2. The van der Waals surface area contributed by atoms with Crippen molar-refractivity contribution in [1.82, 2.24) is 9.97 Å². The van der Waals surface area contributed by atoms with Crippen LogP contribution in [0.5, 0.6) is 51.7 Å². The molecular formula is C56H68N2O10. The Balaban J connectivity index is 0.00000183. The molecule has 0 radical (unpaired) electrons. The van der Waals surface area contributed by atoms with Crippen LogP contribution in [0.3, 0.4) is 0 Å². The van der Waals surface area contributed by atoms with Gasteiger partial charge in [-0.05, 0) is 129 Å². The quantitative estimate of drug-likeness (QED) is 0.0987. The monoisotopic (exact) mass is 928 g/mol. The van der Waals surface area contributed by atoms with Gasteiger partial charge in [-0.15, -0.1) is 0 Å². The normalized spacial score (nSPS) is 12.0. The lowest BCUT2D eigenvalue weighted by atomic mass is 9.93. The summed E-state index contributed by atoms with van der Waals surface area (Å²) >= 11 is 0. The molecule has 0 saturated carbocycles. The molecule has 10 bridgehead atoms. The molecule has 9 aliphatic carbocycles. The van der Waals surface area contributed by atoms with Crippen LogP contribution in [0.15, 0.2) is 67.0 Å². The fourth-order valence-electron chi connectivity index (χ4n) is 8.56. The molecule has 15 rings (SSSR count). The second-order valence-electron chi connectivity index (χ2n) is 16.3. The molecule has 9 aliphatic rings. The van der Waals surface area contributed by atoms with E-state index in [1.54, 1.807) is 18.5 Å². The van der Waals surface area contributed by atoms with Gasteiger partial charge < -0.3 is 47.8 Å². The van der Waals surface area contributed by atoms with Gasteiger partial charge in [-0.25, -0.2) is 0 Å². The Kier molecular flexibility index (Phi) is 18.2. The first kappa shape index (κ1) is 50.7. The highest BCUT2D eigenvalue weighted by atomic mass is 16.5. The van der Waals surface area contributed by atoms with E-state index in [1.165, 1.54) is 13.8 Å². The maximum Gasteiger partial charge on any atom is 0.126 e. The number of nitrogens with zero attached hydrogens (tertiary/aromatic N) is 2. The number of benzene rings is 5. The number of Topliss-reactive ketones (excluding diaryl/α,β-unsaturated/α-hetero) is 1. The van der Waals surface area contributed by atoms with E-state index in [-0.39, 0.29) is 11.5 Å². The number of hydrogen-bond donors (Lipinski definition) is 1. The number of ether oxygens (including phenoxy) is 8. The summed E-state index contributed by atoms with van der Waals surface area (Å²) < 4.78 is 51.1. The fraction of sp³-hybridized carbons (Fsp3) is 0.411. The molecular weight excluding hydrogens is 861 g/mol. The van der Waals surface area contributed by atoms with Gasteiger partial charge >= 0.3 is 0 Å². The first-order valence-electron chi connectivity index (χ1n) is 24.1. The van der Waals surface area contributed by atoms with Crippen LogP contribution in [0.2, 0.25) is 0 Å². The average molecular weight is 929 g/mol. The van der Waals surface area contributed by atoms with Crippen molar-refractivity contribution >= 4 is 16.8 Å². The number of carbonyl (C=O) groups excluding carboxylic acids is 1. The lowest BCUT2D eigenvalue weighted by molar-refractivity contribution is -0.115. The molecule has 6 aromatic rings. The van der Waals surface area contributed by atoms with Crippen molar-refractivity contribution in [3.8, 4) is 51.7 Å². The highest BCUT2D eigenvalue weighted by Gasteiger charge is 2.24. The van der Waals surface area contributed by atoms with Crippen molar-refractivity contribution < 1.29 is 47.8 Å². The van der Waals surface area contributed by atoms with Gasteiger partial charge in [-0.2, -0.15) is 0 Å². The van der Waals surface area contributed by atoms with Crippen molar-refractivity contribution in [1.29, 1.82) is 0 Å². The van der Waals surface area contributed by atoms with E-state index in [1.807, 2.05) is 61.5 Å². The number of aromatic hydroxyl groups is 1. The molecule has 12 nitrogen and oxygen atoms in total. The van der Waals surface area contributed by atoms with Crippen LogP contribution in [0.25, 0.3) is 11.0 Å². The minimum Gasteiger partial charge on any atom is -0.508 e. The molecule has 1 aromatic heterocycles. The second-order valence-corrected chi connectivity index (χ2v) is 16.3. The number of phenolic OH excluding ortho intramolecular Hbond substituents is 1. The first-order chi connectivity index (χ1) is 33.0. The highest BCUT2D eigenvalue weighted by Crippen LogP contribution is 2.42. The summed E-state index contributed by atoms with van der Waals surface area (Å²) in [6.45, 7) is 22.7. The molecule has 1 heterocycles. The van der Waals surface area contributed by atoms with Gasteiger partial charge in [0.1, 0.15) is 57.5 Å². The zero-order valence-corrected chi connectivity index (χ0v) is 41.6. The number of ketones is 1. The van der Waals surface area contributed by atoms with Gasteiger partial charge in [0, 0.05) is 94.6 Å². The molecule has 68 heavy (non-hydrogen) atoms. The Morgan fingerprint density at radius 3 is 0.853 bits per heavy atom. The van der Waals surface area contributed by atoms with E-state index in [0.29, 0.717) is 119 Å². The van der Waals surface area contributed by atoms with Gasteiger partial charge in [-0.1, -0.05) is 0 Å². The standard InChI is InChI=1S/C53H62N2O9.C3H6O/c1-9-57-44-27-35-20-37-29-49(62-14-6)39(31-48(37)61-13-5)22-41-24-43(56)42(53-52(41)54-17-18-55-53)23-40-32-50(63-15-7)38(30-51(40)64-16-8)21-36-28-46(59-11-3)34(26-47(36)60-12-4)19-33(44)25-45(35)58-10-2;1-3(2)4/h17-18,24-32,56H,9-16,19-23H2,1-8H3;1-2H3. The first-order valence-corrected chi connectivity index (χ1v) is 24.1. The lowest BCUT2D eigenvalue weighted by Crippen LogP contribution is -2.08. The maximum absolute atomic E-state index is 12.0. The molecule has 0 aliphatic heterocycles. The number of phenols is 1. The van der Waals surface area contributed by atoms with E-state index < -0.39 is 0 Å². The SMILES string of the molecule is CC(C)=O.CCOc1cc2c(OCC)cc1Cc1cc(OCC)c(cc1OCC)Cc1cc(OCC)c(cc1OCC)Cc1c(O)cc(c3nccnc13)Cc1cc(OCC)c(cc1OCC)C2. The summed E-state index contributed by atoms with van der Waals surface area (Å²) in [5.41, 5.74) is 10.2. The smallest absolute Gasteiger partial charge is 0.126 e. The summed E-state index contributed by atoms with van der Waals surface area (Å²) in [4.78, 5) is 19.1. The highest BCUT2D eigenvalue weighted by molar-refractivity contribution is 5.85. The topological polar surface area (TPSA) is 137 Å². The Hall–Kier alpha value is -6.69. The fourth-order valence-corrected chi connectivity index (χ4v) is 8.56. The molecule has 0 fully saturated rings. The largest absolute Gasteiger partial charge is 0.508 e. The van der Waals surface area contributed by atoms with Crippen LogP contribution in [0.1, 0.15) is 125 Å². The van der Waals surface area contributed by atoms with Crippen LogP contribution in [-0.4, -0.2) is 73.7 Å². The molecule has 1 N–H and O–H groups in total. The van der Waals surface area contributed by atoms with E-state index >= 15 is 0 Å². The van der Waals surface area contributed by atoms with Crippen molar-refractivity contribution in [3.63, 3.8) is 0 Å². The lowest BCUT2D eigenvalue weighted by Gasteiger charge is -2.21. The molecule has 0 amide bonds. The Bertz CT molecular complexity index is 2670. The van der Waals surface area contributed by atoms with Crippen LogP contribution < -0.4 is 37.9 Å². The number of rotatable bonds is 16. The molecule has 12 heteroatoms. The van der Waals surface area contributed by atoms with Gasteiger partial charge in [0.25, 0.3) is 0 Å². The van der Waals surface area contributed by atoms with Gasteiger partial charge in [-0.3, -0.25) is 9.97 Å². The van der Waals surface area contributed by atoms with Crippen molar-refractivity contribution in [2.24, 2.45) is 0 Å². The summed E-state index contributed by atoms with van der Waals surface area (Å²) in [7, 11) is 0. The predicted molar refractivity (Wildman–Crippen MR) is 267 cm³/mol. The molecule has 362 valence electrons. The third-order valence-corrected chi connectivity index (χ3v) is 11.2. The maximum atomic E-state index is 12.0. The van der Waals surface area contributed by atoms with Gasteiger partial charge in [0.2, 0.25) is 0 Å². The minimum absolute atomic E-state index is 0.111. The molecule has 0 saturated heterocycles. The summed E-state index contributed by atoms with van der Waals surface area (Å²) in [5, 5.41) is 12.0. The predicted octanol–water partition coefficient (Wildman–Crippen LogP) is 11.4. The minimum atomic E-state index is 0.111. The van der Waals surface area contributed by atoms with E-state index in [2.05, 4.69) is 42.5 Å². The van der Waals surface area contributed by atoms with Gasteiger partial charge in [0.15, 0.2) is 0 Å². The number of carbonyl (C=O) groups is 1. The van der Waals surface area contributed by atoms with Crippen LogP contribution in [0, 0.1) is 0 Å². The summed E-state index contributed by atoms with van der Waals surface area (Å²) in [6.07, 6.45) is 5.58.